The third-order valence-electron chi connectivity index (χ3n) is 12.0. The van der Waals surface area contributed by atoms with E-state index >= 15 is 0 Å². The number of nitrogens with zero attached hydrogens (tertiary/aromatic N) is 4. The average Bonchev–Trinajstić information content (AvgIpc) is 3.89. The van der Waals surface area contributed by atoms with Crippen molar-refractivity contribution in [2.24, 2.45) is 0 Å². The second-order valence-corrected chi connectivity index (χ2v) is 18.7. The van der Waals surface area contributed by atoms with Crippen LogP contribution in [0.3, 0.4) is 0 Å². The van der Waals surface area contributed by atoms with Crippen LogP contribution in [0.25, 0.3) is 75.9 Å². The van der Waals surface area contributed by atoms with Gasteiger partial charge in [-0.05, 0) is 129 Å². The molecule has 296 valence electrons. The summed E-state index contributed by atoms with van der Waals surface area (Å²) in [6.45, 7) is 19.9. The fourth-order valence-electron chi connectivity index (χ4n) is 9.46. The van der Waals surface area contributed by atoms with Crippen LogP contribution in [0.1, 0.15) is 59.7 Å². The van der Waals surface area contributed by atoms with Crippen LogP contribution in [0, 0.1) is 41.5 Å². The average molecular weight is 801 g/mol. The van der Waals surface area contributed by atoms with Crippen LogP contribution in [0.15, 0.2) is 128 Å². The maximum absolute atomic E-state index is 6.79. The molecule has 0 aliphatic heterocycles. The highest BCUT2D eigenvalue weighted by atomic mass is 32.1. The van der Waals surface area contributed by atoms with Crippen molar-refractivity contribution in [3.05, 3.63) is 167 Å². The van der Waals surface area contributed by atoms with Crippen LogP contribution in [0.4, 0.5) is 0 Å². The monoisotopic (exact) mass is 800 g/mol. The molecule has 0 fully saturated rings. The number of aromatic nitrogens is 4. The highest BCUT2D eigenvalue weighted by molar-refractivity contribution is 7.26. The lowest BCUT2D eigenvalue weighted by Crippen LogP contribution is -2.12. The molecule has 10 rings (SSSR count). The van der Waals surface area contributed by atoms with Crippen molar-refractivity contribution < 1.29 is 4.74 Å². The van der Waals surface area contributed by atoms with Gasteiger partial charge in [0, 0.05) is 66.6 Å². The number of hydrogen-bond donors (Lipinski definition) is 0. The summed E-state index contributed by atoms with van der Waals surface area (Å²) in [6, 6.07) is 41.4. The molecule has 0 atom stereocenters. The van der Waals surface area contributed by atoms with Gasteiger partial charge in [-0.15, -0.1) is 11.3 Å². The van der Waals surface area contributed by atoms with Gasteiger partial charge in [0.05, 0.1) is 16.7 Å². The van der Waals surface area contributed by atoms with Crippen LogP contribution in [0.5, 0.6) is 11.5 Å². The molecule has 6 heteroatoms. The van der Waals surface area contributed by atoms with Gasteiger partial charge in [0.25, 0.3) is 0 Å². The van der Waals surface area contributed by atoms with Crippen molar-refractivity contribution in [1.29, 1.82) is 0 Å². The Morgan fingerprint density at radius 2 is 1.28 bits per heavy atom. The quantitative estimate of drug-likeness (QED) is 0.168. The third-order valence-corrected chi connectivity index (χ3v) is 13.1. The van der Waals surface area contributed by atoms with Crippen molar-refractivity contribution in [2.45, 2.75) is 67.7 Å². The molecule has 6 aromatic carbocycles. The number of ether oxygens (including phenoxy) is 1. The van der Waals surface area contributed by atoms with Crippen LogP contribution >= 0.6 is 11.3 Å². The molecule has 5 nitrogen and oxygen atoms in total. The minimum atomic E-state index is -0.0359. The van der Waals surface area contributed by atoms with E-state index < -0.39 is 0 Å². The van der Waals surface area contributed by atoms with Crippen molar-refractivity contribution in [3.63, 3.8) is 0 Å². The summed E-state index contributed by atoms with van der Waals surface area (Å²) in [5, 5.41) is 10.2. The molecular weight excluding hydrogens is 753 g/mol. The van der Waals surface area contributed by atoms with Crippen molar-refractivity contribution in [2.75, 3.05) is 0 Å². The van der Waals surface area contributed by atoms with Crippen LogP contribution in [-0.4, -0.2) is 19.3 Å². The van der Waals surface area contributed by atoms with Gasteiger partial charge < -0.3 is 4.74 Å². The Kier molecular flexibility index (Phi) is 8.85. The normalized spacial score (nSPS) is 12.1. The highest BCUT2D eigenvalue weighted by Gasteiger charge is 2.23. The Labute approximate surface area is 355 Å². The van der Waals surface area contributed by atoms with E-state index in [4.69, 9.17) is 14.8 Å². The molecule has 4 heterocycles. The molecule has 4 aromatic heterocycles. The van der Waals surface area contributed by atoms with Crippen LogP contribution < -0.4 is 4.74 Å². The summed E-state index contributed by atoms with van der Waals surface area (Å²) >= 11 is 1.84. The SMILES string of the molecule is Cc1cc(C)c(-c2cn(-c3cccc(Oc4ccc5c6ccc7sc8ccccc8c7c6n(-c6cc(C(C)(C)C)ccn6)c5c4)c3)nc2-c2c(C)cc(C)cc2C)c(C)c1. The lowest BCUT2D eigenvalue weighted by molar-refractivity contribution is 0.483. The number of benzene rings is 6. The summed E-state index contributed by atoms with van der Waals surface area (Å²) in [5.74, 6) is 2.38. The number of aryl methyl sites for hydroxylation is 6. The Hall–Kier alpha value is -6.50. The molecule has 0 aliphatic rings. The first-order chi connectivity index (χ1) is 28.8. The molecule has 0 radical (unpaired) electrons. The minimum Gasteiger partial charge on any atom is -0.457 e. The zero-order valence-corrected chi connectivity index (χ0v) is 36.5. The van der Waals surface area contributed by atoms with E-state index in [0.29, 0.717) is 0 Å². The lowest BCUT2D eigenvalue weighted by Gasteiger charge is -2.20. The van der Waals surface area contributed by atoms with Gasteiger partial charge in [0.15, 0.2) is 0 Å². The smallest absolute Gasteiger partial charge is 0.137 e. The molecule has 0 N–H and O–H groups in total. The zero-order valence-electron chi connectivity index (χ0n) is 35.7. The Balaban J connectivity index is 1.12. The summed E-state index contributed by atoms with van der Waals surface area (Å²) in [4.78, 5) is 5.02. The molecule has 10 aromatic rings. The second-order valence-electron chi connectivity index (χ2n) is 17.6. The largest absolute Gasteiger partial charge is 0.457 e. The van der Waals surface area contributed by atoms with E-state index in [9.17, 15) is 0 Å². The highest BCUT2D eigenvalue weighted by Crippen LogP contribution is 2.45. The Bertz CT molecular complexity index is 3230. The van der Waals surface area contributed by atoms with Gasteiger partial charge in [-0.3, -0.25) is 4.57 Å². The summed E-state index contributed by atoms with van der Waals surface area (Å²) in [5.41, 5.74) is 16.3. The molecular formula is C54H48N4OS. The van der Waals surface area contributed by atoms with E-state index in [1.54, 1.807) is 0 Å². The number of pyridine rings is 1. The Morgan fingerprint density at radius 3 is 2.02 bits per heavy atom. The van der Waals surface area contributed by atoms with Gasteiger partial charge >= 0.3 is 0 Å². The van der Waals surface area contributed by atoms with Crippen molar-refractivity contribution >= 4 is 53.3 Å². The molecule has 0 spiro atoms. The fourth-order valence-corrected chi connectivity index (χ4v) is 10.6. The molecule has 60 heavy (non-hydrogen) atoms. The topological polar surface area (TPSA) is 44.9 Å². The maximum atomic E-state index is 6.79. The summed E-state index contributed by atoms with van der Waals surface area (Å²) in [6.07, 6.45) is 4.14. The summed E-state index contributed by atoms with van der Waals surface area (Å²) in [7, 11) is 0. The predicted molar refractivity (Wildman–Crippen MR) is 253 cm³/mol. The number of fused-ring (bicyclic) bond motifs is 7. The van der Waals surface area contributed by atoms with Gasteiger partial charge in [0.1, 0.15) is 23.0 Å². The van der Waals surface area contributed by atoms with Gasteiger partial charge in [-0.25, -0.2) is 9.67 Å². The van der Waals surface area contributed by atoms with E-state index in [1.165, 1.54) is 81.1 Å². The van der Waals surface area contributed by atoms with Crippen LogP contribution in [0.2, 0.25) is 0 Å². The molecule has 0 amide bonds. The van der Waals surface area contributed by atoms with Gasteiger partial charge in [0.2, 0.25) is 0 Å². The fraction of sp³-hybridized carbons (Fsp3) is 0.185. The number of thiophene rings is 1. The molecule has 0 aliphatic carbocycles. The molecule has 0 unspecified atom stereocenters. The second kappa shape index (κ2) is 14.1. The maximum Gasteiger partial charge on any atom is 0.137 e. The van der Waals surface area contributed by atoms with Gasteiger partial charge in [-0.2, -0.15) is 5.10 Å². The predicted octanol–water partition coefficient (Wildman–Crippen LogP) is 15.0. The van der Waals surface area contributed by atoms with E-state index in [0.717, 1.165) is 45.2 Å². The Morgan fingerprint density at radius 1 is 0.600 bits per heavy atom. The number of hydrogen-bond acceptors (Lipinski definition) is 4. The molecule has 0 saturated carbocycles. The first-order valence-corrected chi connectivity index (χ1v) is 21.5. The molecule has 0 saturated heterocycles. The van der Waals surface area contributed by atoms with Crippen LogP contribution in [-0.2, 0) is 5.41 Å². The first-order valence-electron chi connectivity index (χ1n) is 20.7. The van der Waals surface area contributed by atoms with Crippen molar-refractivity contribution in [1.82, 2.24) is 19.3 Å². The minimum absolute atomic E-state index is 0.0359. The van der Waals surface area contributed by atoms with Crippen molar-refractivity contribution in [3.8, 4) is 45.4 Å². The first kappa shape index (κ1) is 37.7. The standard InChI is InChI=1S/C54H48N4OS/c1-31-23-33(3)49(34(4)24-31)44-30-57(56-52(44)50-35(5)25-32(2)26-36(50)6)38-13-12-14-39(28-38)59-40-17-18-41-42-19-20-47-51(43-15-10-11-16-46(43)60-47)53(42)58(45(41)29-40)48-27-37(21-22-55-48)54(7,8)9/h10-30H,1-9H3. The summed E-state index contributed by atoms with van der Waals surface area (Å²) < 4.78 is 13.7. The third kappa shape index (κ3) is 6.29. The van der Waals surface area contributed by atoms with E-state index in [2.05, 4.69) is 176 Å². The van der Waals surface area contributed by atoms with Gasteiger partial charge in [-0.1, -0.05) is 86.5 Å². The lowest BCUT2D eigenvalue weighted by atomic mass is 9.88. The number of rotatable bonds is 6. The van der Waals surface area contributed by atoms with E-state index in [1.807, 2.05) is 34.3 Å². The van der Waals surface area contributed by atoms with E-state index in [-0.39, 0.29) is 5.41 Å². The zero-order chi connectivity index (χ0) is 41.6. The molecule has 0 bridgehead atoms.